The van der Waals surface area contributed by atoms with Crippen molar-refractivity contribution in [3.8, 4) is 0 Å². The van der Waals surface area contributed by atoms with E-state index in [-0.39, 0.29) is 0 Å². The second-order valence-corrected chi connectivity index (χ2v) is 3.24. The van der Waals surface area contributed by atoms with Crippen LogP contribution in [0.1, 0.15) is 31.0 Å². The fraction of sp³-hybridized carbons (Fsp3) is 0.625. The van der Waals surface area contributed by atoms with Crippen LogP contribution in [0.3, 0.4) is 0 Å². The number of aromatic nitrogens is 2. The first-order chi connectivity index (χ1) is 5.27. The molecule has 0 aromatic carbocycles. The number of nitrogens with zero attached hydrogens (tertiary/aromatic N) is 2. The van der Waals surface area contributed by atoms with Gasteiger partial charge in [-0.15, -0.1) is 0 Å². The highest BCUT2D eigenvalue weighted by Gasteiger charge is 2.21. The largest absolute Gasteiger partial charge is 0.384 e. The summed E-state index contributed by atoms with van der Waals surface area (Å²) in [6.45, 7) is 1.98. The van der Waals surface area contributed by atoms with Crippen LogP contribution in [-0.4, -0.2) is 9.78 Å². The maximum absolute atomic E-state index is 5.75. The van der Waals surface area contributed by atoms with E-state index in [0.717, 1.165) is 11.5 Å². The van der Waals surface area contributed by atoms with E-state index in [1.54, 1.807) is 0 Å². The SMILES string of the molecule is Cc1cc(N)n(C2CCC2)n1. The van der Waals surface area contributed by atoms with Crippen LogP contribution >= 0.6 is 0 Å². The molecule has 60 valence electrons. The summed E-state index contributed by atoms with van der Waals surface area (Å²) in [5, 5.41) is 4.32. The van der Waals surface area contributed by atoms with E-state index in [1.807, 2.05) is 17.7 Å². The molecule has 11 heavy (non-hydrogen) atoms. The van der Waals surface area contributed by atoms with Crippen molar-refractivity contribution in [1.82, 2.24) is 9.78 Å². The number of nitrogen functional groups attached to an aromatic ring is 1. The lowest BCUT2D eigenvalue weighted by Gasteiger charge is -2.26. The zero-order chi connectivity index (χ0) is 7.84. The number of anilines is 1. The summed E-state index contributed by atoms with van der Waals surface area (Å²) >= 11 is 0. The number of nitrogens with two attached hydrogens (primary N) is 1. The molecule has 3 nitrogen and oxygen atoms in total. The first kappa shape index (κ1) is 6.70. The first-order valence-electron chi connectivity index (χ1n) is 4.09. The minimum absolute atomic E-state index is 0.587. The Labute approximate surface area is 66.2 Å². The van der Waals surface area contributed by atoms with Crippen LogP contribution < -0.4 is 5.73 Å². The van der Waals surface area contributed by atoms with E-state index in [0.29, 0.717) is 6.04 Å². The van der Waals surface area contributed by atoms with E-state index in [1.165, 1.54) is 19.3 Å². The number of hydrogen-bond donors (Lipinski definition) is 1. The van der Waals surface area contributed by atoms with E-state index in [4.69, 9.17) is 5.73 Å². The second-order valence-electron chi connectivity index (χ2n) is 3.24. The van der Waals surface area contributed by atoms with Gasteiger partial charge >= 0.3 is 0 Å². The smallest absolute Gasteiger partial charge is 0.122 e. The fourth-order valence-corrected chi connectivity index (χ4v) is 1.46. The van der Waals surface area contributed by atoms with Gasteiger partial charge in [-0.1, -0.05) is 0 Å². The fourth-order valence-electron chi connectivity index (χ4n) is 1.46. The van der Waals surface area contributed by atoms with Gasteiger partial charge in [-0.25, -0.2) is 4.68 Å². The van der Waals surface area contributed by atoms with Gasteiger partial charge in [-0.2, -0.15) is 5.10 Å². The molecule has 0 atom stereocenters. The summed E-state index contributed by atoms with van der Waals surface area (Å²) in [6.07, 6.45) is 3.81. The molecule has 1 fully saturated rings. The molecule has 2 N–H and O–H groups in total. The van der Waals surface area contributed by atoms with Crippen molar-refractivity contribution in [2.45, 2.75) is 32.2 Å². The molecule has 1 aliphatic carbocycles. The molecular weight excluding hydrogens is 138 g/mol. The van der Waals surface area contributed by atoms with E-state index in [9.17, 15) is 0 Å². The summed E-state index contributed by atoms with van der Waals surface area (Å²) in [4.78, 5) is 0. The van der Waals surface area contributed by atoms with Gasteiger partial charge in [0.2, 0.25) is 0 Å². The van der Waals surface area contributed by atoms with E-state index >= 15 is 0 Å². The highest BCUT2D eigenvalue weighted by molar-refractivity contribution is 5.31. The van der Waals surface area contributed by atoms with Crippen LogP contribution in [0.2, 0.25) is 0 Å². The molecular formula is C8H13N3. The van der Waals surface area contributed by atoms with Crippen molar-refractivity contribution in [1.29, 1.82) is 0 Å². The Morgan fingerprint density at radius 3 is 2.73 bits per heavy atom. The summed E-state index contributed by atoms with van der Waals surface area (Å²) in [5.41, 5.74) is 6.77. The first-order valence-corrected chi connectivity index (χ1v) is 4.09. The Morgan fingerprint density at radius 1 is 1.64 bits per heavy atom. The molecule has 1 aliphatic rings. The van der Waals surface area contributed by atoms with Gasteiger partial charge in [0.15, 0.2) is 0 Å². The average molecular weight is 151 g/mol. The highest BCUT2D eigenvalue weighted by Crippen LogP contribution is 2.32. The van der Waals surface area contributed by atoms with Gasteiger partial charge < -0.3 is 5.73 Å². The lowest BCUT2D eigenvalue weighted by Crippen LogP contribution is -2.19. The van der Waals surface area contributed by atoms with Crippen molar-refractivity contribution in [2.24, 2.45) is 0 Å². The molecule has 0 unspecified atom stereocenters. The summed E-state index contributed by atoms with van der Waals surface area (Å²) in [5.74, 6) is 0.812. The minimum Gasteiger partial charge on any atom is -0.384 e. The predicted octanol–water partition coefficient (Wildman–Crippen LogP) is 1.50. The lowest BCUT2D eigenvalue weighted by atomic mass is 9.93. The molecule has 0 saturated heterocycles. The van der Waals surface area contributed by atoms with Crippen molar-refractivity contribution < 1.29 is 0 Å². The van der Waals surface area contributed by atoms with Crippen molar-refractivity contribution in [3.05, 3.63) is 11.8 Å². The van der Waals surface area contributed by atoms with Crippen LogP contribution in [0.15, 0.2) is 6.07 Å². The third-order valence-electron chi connectivity index (χ3n) is 2.31. The Morgan fingerprint density at radius 2 is 2.36 bits per heavy atom. The molecule has 1 aromatic heterocycles. The second kappa shape index (κ2) is 2.26. The van der Waals surface area contributed by atoms with Gasteiger partial charge in [0.05, 0.1) is 11.7 Å². The van der Waals surface area contributed by atoms with Crippen LogP contribution in [0, 0.1) is 6.92 Å². The van der Waals surface area contributed by atoms with Crippen molar-refractivity contribution in [3.63, 3.8) is 0 Å². The third-order valence-corrected chi connectivity index (χ3v) is 2.31. The molecule has 0 bridgehead atoms. The molecule has 3 heteroatoms. The van der Waals surface area contributed by atoms with Crippen LogP contribution in [0.4, 0.5) is 5.82 Å². The Balaban J connectivity index is 2.28. The quantitative estimate of drug-likeness (QED) is 0.661. The summed E-state index contributed by atoms with van der Waals surface area (Å²) in [7, 11) is 0. The Hall–Kier alpha value is -0.990. The Kier molecular flexibility index (Phi) is 1.37. The van der Waals surface area contributed by atoms with Gasteiger partial charge in [0.25, 0.3) is 0 Å². The van der Waals surface area contributed by atoms with E-state index in [2.05, 4.69) is 5.10 Å². The maximum Gasteiger partial charge on any atom is 0.122 e. The lowest BCUT2D eigenvalue weighted by molar-refractivity contribution is 0.292. The highest BCUT2D eigenvalue weighted by atomic mass is 15.3. The molecule has 0 spiro atoms. The average Bonchev–Trinajstić information content (AvgIpc) is 2.07. The molecule has 0 radical (unpaired) electrons. The van der Waals surface area contributed by atoms with E-state index < -0.39 is 0 Å². The Bertz CT molecular complexity index is 260. The zero-order valence-corrected chi connectivity index (χ0v) is 6.75. The molecule has 0 amide bonds. The van der Waals surface area contributed by atoms with Crippen molar-refractivity contribution in [2.75, 3.05) is 5.73 Å². The van der Waals surface area contributed by atoms with Crippen LogP contribution in [0.25, 0.3) is 0 Å². The van der Waals surface area contributed by atoms with Crippen LogP contribution in [-0.2, 0) is 0 Å². The third kappa shape index (κ3) is 1.00. The number of aryl methyl sites for hydroxylation is 1. The summed E-state index contributed by atoms with van der Waals surface area (Å²) in [6, 6.07) is 2.52. The maximum atomic E-state index is 5.75. The van der Waals surface area contributed by atoms with Gasteiger partial charge in [-0.05, 0) is 26.2 Å². The van der Waals surface area contributed by atoms with Crippen molar-refractivity contribution >= 4 is 5.82 Å². The van der Waals surface area contributed by atoms with Gasteiger partial charge in [0.1, 0.15) is 5.82 Å². The van der Waals surface area contributed by atoms with Crippen LogP contribution in [0.5, 0.6) is 0 Å². The predicted molar refractivity (Wildman–Crippen MR) is 44.3 cm³/mol. The standard InChI is InChI=1S/C8H13N3/c1-6-5-8(9)11(10-6)7-3-2-4-7/h5,7H,2-4,9H2,1H3. The molecule has 1 saturated carbocycles. The normalized spacial score (nSPS) is 18.3. The molecule has 1 aromatic rings. The minimum atomic E-state index is 0.587. The van der Waals surface area contributed by atoms with Gasteiger partial charge in [0, 0.05) is 6.07 Å². The topological polar surface area (TPSA) is 43.8 Å². The zero-order valence-electron chi connectivity index (χ0n) is 6.75. The number of hydrogen-bond acceptors (Lipinski definition) is 2. The molecule has 1 heterocycles. The molecule has 2 rings (SSSR count). The van der Waals surface area contributed by atoms with Gasteiger partial charge in [-0.3, -0.25) is 0 Å². The number of rotatable bonds is 1. The monoisotopic (exact) mass is 151 g/mol. The summed E-state index contributed by atoms with van der Waals surface area (Å²) < 4.78 is 1.96. The molecule has 0 aliphatic heterocycles.